The molecule has 2 rings (SSSR count). The van der Waals surface area contributed by atoms with Gasteiger partial charge < -0.3 is 5.32 Å². The zero-order valence-electron chi connectivity index (χ0n) is 12.1. The Labute approximate surface area is 140 Å². The van der Waals surface area contributed by atoms with Gasteiger partial charge in [0.25, 0.3) is 15.9 Å². The molecule has 5 nitrogen and oxygen atoms in total. The van der Waals surface area contributed by atoms with E-state index in [2.05, 4.69) is 16.6 Å². The molecule has 0 aliphatic carbocycles. The van der Waals surface area contributed by atoms with Gasteiger partial charge >= 0.3 is 0 Å². The number of halogens is 1. The number of carbonyl (C=O) groups excluding carboxylic acids is 1. The summed E-state index contributed by atoms with van der Waals surface area (Å²) in [5, 5.41) is 3.13. The van der Waals surface area contributed by atoms with E-state index in [0.717, 1.165) is 0 Å². The van der Waals surface area contributed by atoms with Crippen LogP contribution in [0.15, 0.2) is 66.1 Å². The number of anilines is 1. The Morgan fingerprint density at radius 2 is 1.70 bits per heavy atom. The summed E-state index contributed by atoms with van der Waals surface area (Å²) in [6, 6.07) is 12.0. The van der Waals surface area contributed by atoms with Gasteiger partial charge in [0.2, 0.25) is 0 Å². The second kappa shape index (κ2) is 7.30. The first-order valence-electron chi connectivity index (χ1n) is 6.70. The molecule has 0 saturated heterocycles. The second-order valence-corrected chi connectivity index (χ2v) is 6.75. The SMILES string of the molecule is C=CCNC(=O)c1ccc(S(=O)(=O)Nc2ccc(Cl)cc2)cc1. The predicted octanol–water partition coefficient (Wildman–Crippen LogP) is 3.06. The van der Waals surface area contributed by atoms with Gasteiger partial charge in [-0.3, -0.25) is 9.52 Å². The largest absolute Gasteiger partial charge is 0.349 e. The monoisotopic (exact) mass is 350 g/mol. The van der Waals surface area contributed by atoms with Crippen molar-refractivity contribution in [2.24, 2.45) is 0 Å². The summed E-state index contributed by atoms with van der Waals surface area (Å²) in [5.41, 5.74) is 0.777. The van der Waals surface area contributed by atoms with E-state index >= 15 is 0 Å². The van der Waals surface area contributed by atoms with Gasteiger partial charge in [-0.05, 0) is 48.5 Å². The minimum Gasteiger partial charge on any atom is -0.349 e. The molecule has 120 valence electrons. The highest BCUT2D eigenvalue weighted by atomic mass is 35.5. The van der Waals surface area contributed by atoms with Gasteiger partial charge in [0, 0.05) is 22.8 Å². The number of rotatable bonds is 6. The molecule has 1 amide bonds. The normalized spacial score (nSPS) is 10.8. The van der Waals surface area contributed by atoms with Gasteiger partial charge in [-0.2, -0.15) is 0 Å². The lowest BCUT2D eigenvalue weighted by Gasteiger charge is -2.09. The quantitative estimate of drug-likeness (QED) is 0.786. The van der Waals surface area contributed by atoms with Crippen LogP contribution >= 0.6 is 11.6 Å². The summed E-state index contributed by atoms with van der Waals surface area (Å²) in [6.45, 7) is 3.85. The Morgan fingerprint density at radius 1 is 1.09 bits per heavy atom. The molecule has 0 atom stereocenters. The maximum Gasteiger partial charge on any atom is 0.261 e. The molecular weight excluding hydrogens is 336 g/mol. The van der Waals surface area contributed by atoms with Crippen molar-refractivity contribution in [3.05, 3.63) is 71.8 Å². The zero-order valence-corrected chi connectivity index (χ0v) is 13.7. The molecule has 0 saturated carbocycles. The summed E-state index contributed by atoms with van der Waals surface area (Å²) in [6.07, 6.45) is 1.56. The summed E-state index contributed by atoms with van der Waals surface area (Å²) in [4.78, 5) is 11.8. The minimum absolute atomic E-state index is 0.0627. The Bertz CT molecular complexity index is 800. The fourth-order valence-corrected chi connectivity index (χ4v) is 2.97. The lowest BCUT2D eigenvalue weighted by molar-refractivity contribution is 0.0958. The average Bonchev–Trinajstić information content (AvgIpc) is 2.54. The average molecular weight is 351 g/mol. The molecule has 23 heavy (non-hydrogen) atoms. The van der Waals surface area contributed by atoms with Gasteiger partial charge in [-0.25, -0.2) is 8.42 Å². The van der Waals surface area contributed by atoms with Crippen molar-refractivity contribution < 1.29 is 13.2 Å². The number of hydrogen-bond acceptors (Lipinski definition) is 3. The van der Waals surface area contributed by atoms with Gasteiger partial charge in [0.05, 0.1) is 4.90 Å². The molecule has 0 unspecified atom stereocenters. The van der Waals surface area contributed by atoms with Crippen molar-refractivity contribution in [3.63, 3.8) is 0 Å². The van der Waals surface area contributed by atoms with Crippen molar-refractivity contribution in [2.45, 2.75) is 4.90 Å². The predicted molar refractivity (Wildman–Crippen MR) is 91.2 cm³/mol. The molecule has 0 spiro atoms. The Morgan fingerprint density at radius 3 is 2.26 bits per heavy atom. The van der Waals surface area contributed by atoms with E-state index in [4.69, 9.17) is 11.6 Å². The van der Waals surface area contributed by atoms with E-state index in [1.807, 2.05) is 0 Å². The molecule has 0 aliphatic rings. The van der Waals surface area contributed by atoms with Gasteiger partial charge in [-0.1, -0.05) is 17.7 Å². The summed E-state index contributed by atoms with van der Waals surface area (Å²) < 4.78 is 27.0. The minimum atomic E-state index is -3.73. The number of amides is 1. The first kappa shape index (κ1) is 17.1. The van der Waals surface area contributed by atoms with E-state index in [0.29, 0.717) is 22.8 Å². The highest BCUT2D eigenvalue weighted by Crippen LogP contribution is 2.18. The van der Waals surface area contributed by atoms with Crippen molar-refractivity contribution in [1.29, 1.82) is 0 Å². The lowest BCUT2D eigenvalue weighted by Crippen LogP contribution is -2.23. The molecule has 0 radical (unpaired) electrons. The standard InChI is InChI=1S/C16H15ClN2O3S/c1-2-11-18-16(20)12-3-9-15(10-4-12)23(21,22)19-14-7-5-13(17)6-8-14/h2-10,19H,1,11H2,(H,18,20). The molecule has 2 aromatic carbocycles. The molecule has 2 aromatic rings. The molecule has 0 bridgehead atoms. The maximum absolute atomic E-state index is 12.3. The number of hydrogen-bond donors (Lipinski definition) is 2. The van der Waals surface area contributed by atoms with Crippen molar-refractivity contribution in [1.82, 2.24) is 5.32 Å². The van der Waals surface area contributed by atoms with E-state index in [1.54, 1.807) is 30.3 Å². The molecule has 0 fully saturated rings. The number of carbonyl (C=O) groups is 1. The fourth-order valence-electron chi connectivity index (χ4n) is 1.78. The molecular formula is C16H15ClN2O3S. The number of benzene rings is 2. The molecule has 7 heteroatoms. The van der Waals surface area contributed by atoms with Crippen LogP contribution in [0.2, 0.25) is 5.02 Å². The maximum atomic E-state index is 12.3. The van der Waals surface area contributed by atoms with Crippen LogP contribution in [0.3, 0.4) is 0 Å². The van der Waals surface area contributed by atoms with Gasteiger partial charge in [-0.15, -0.1) is 6.58 Å². The summed E-state index contributed by atoms with van der Waals surface area (Å²) in [7, 11) is -3.73. The lowest BCUT2D eigenvalue weighted by atomic mass is 10.2. The number of sulfonamides is 1. The van der Waals surface area contributed by atoms with Crippen LogP contribution in [0.4, 0.5) is 5.69 Å². The van der Waals surface area contributed by atoms with Crippen LogP contribution < -0.4 is 10.0 Å². The van der Waals surface area contributed by atoms with Crippen LogP contribution in [0.5, 0.6) is 0 Å². The topological polar surface area (TPSA) is 75.3 Å². The first-order valence-corrected chi connectivity index (χ1v) is 8.56. The first-order chi connectivity index (χ1) is 10.9. The number of nitrogens with one attached hydrogen (secondary N) is 2. The van der Waals surface area contributed by atoms with Crippen LogP contribution in [0.1, 0.15) is 10.4 Å². The van der Waals surface area contributed by atoms with E-state index in [1.165, 1.54) is 24.3 Å². The van der Waals surface area contributed by atoms with Crippen LogP contribution in [0.25, 0.3) is 0 Å². The third-order valence-electron chi connectivity index (χ3n) is 2.93. The molecule has 2 N–H and O–H groups in total. The van der Waals surface area contributed by atoms with E-state index in [-0.39, 0.29) is 10.8 Å². The van der Waals surface area contributed by atoms with Crippen molar-refractivity contribution in [3.8, 4) is 0 Å². The Balaban J connectivity index is 2.15. The zero-order chi connectivity index (χ0) is 16.9. The van der Waals surface area contributed by atoms with Crippen molar-refractivity contribution >= 4 is 33.2 Å². The fraction of sp³-hybridized carbons (Fsp3) is 0.0625. The molecule has 0 heterocycles. The Hall–Kier alpha value is -2.31. The van der Waals surface area contributed by atoms with Crippen LogP contribution in [0, 0.1) is 0 Å². The van der Waals surface area contributed by atoms with Crippen molar-refractivity contribution in [2.75, 3.05) is 11.3 Å². The molecule has 0 aromatic heterocycles. The third-order valence-corrected chi connectivity index (χ3v) is 4.58. The van der Waals surface area contributed by atoms with Crippen LogP contribution in [-0.4, -0.2) is 20.9 Å². The highest BCUT2D eigenvalue weighted by Gasteiger charge is 2.15. The van der Waals surface area contributed by atoms with Gasteiger partial charge in [0.1, 0.15) is 0 Å². The van der Waals surface area contributed by atoms with E-state index in [9.17, 15) is 13.2 Å². The summed E-state index contributed by atoms with van der Waals surface area (Å²) >= 11 is 5.76. The molecule has 0 aliphatic heterocycles. The van der Waals surface area contributed by atoms with E-state index < -0.39 is 10.0 Å². The smallest absolute Gasteiger partial charge is 0.261 e. The highest BCUT2D eigenvalue weighted by molar-refractivity contribution is 7.92. The third kappa shape index (κ3) is 4.58. The Kier molecular flexibility index (Phi) is 5.41. The van der Waals surface area contributed by atoms with Gasteiger partial charge in [0.15, 0.2) is 0 Å². The summed E-state index contributed by atoms with van der Waals surface area (Å²) in [5.74, 6) is -0.292. The second-order valence-electron chi connectivity index (χ2n) is 4.64. The van der Waals surface area contributed by atoms with Crippen LogP contribution in [-0.2, 0) is 10.0 Å².